The number of para-hydroxylation sites is 2. The number of nitrogens with zero attached hydrogens (tertiary/aromatic N) is 2. The Hall–Kier alpha value is -7.94. The van der Waals surface area contributed by atoms with Gasteiger partial charge in [-0.3, -0.25) is 0 Å². The lowest BCUT2D eigenvalue weighted by atomic mass is 9.73. The second-order valence-corrected chi connectivity index (χ2v) is 17.5. The van der Waals surface area contributed by atoms with Gasteiger partial charge in [0, 0.05) is 38.9 Å². The minimum absolute atomic E-state index is 0.154. The number of hydrogen-bond acceptors (Lipinski definition) is 1. The molecular formula is C63H48N2. The molecule has 1 heterocycles. The Morgan fingerprint density at radius 1 is 0.354 bits per heavy atom. The summed E-state index contributed by atoms with van der Waals surface area (Å²) in [4.78, 5) is 2.46. The van der Waals surface area contributed by atoms with Crippen molar-refractivity contribution in [3.05, 3.63) is 242 Å². The first-order valence-electron chi connectivity index (χ1n) is 23.0. The van der Waals surface area contributed by atoms with E-state index in [1.807, 2.05) is 0 Å². The number of fused-ring (bicyclic) bond motifs is 7. The Bertz CT molecular complexity index is 3520. The predicted octanol–water partition coefficient (Wildman–Crippen LogP) is 17.5. The molecule has 0 radical (unpaired) electrons. The molecule has 1 aliphatic rings. The monoisotopic (exact) mass is 832 g/mol. The van der Waals surface area contributed by atoms with E-state index in [0.29, 0.717) is 0 Å². The standard InChI is InChI=1S/C63H48N2/c1-3-63(4-2)59-41-51(35-37-55(59)56-38-36-52(42-60(56)63)65-61-27-14-12-25-57(61)58-26-13-15-28-62(58)65)64(50-22-16-21-47(40-50)48-30-29-43-17-8-9-20-46(43)39-48)49-33-31-45(32-34-49)54-24-11-10-23-53(54)44-18-6-5-7-19-44/h5-42H,3-4H2,1-2H3. The van der Waals surface area contributed by atoms with Crippen molar-refractivity contribution in [3.8, 4) is 50.2 Å². The van der Waals surface area contributed by atoms with Gasteiger partial charge in [-0.05, 0) is 146 Å². The highest BCUT2D eigenvalue weighted by molar-refractivity contribution is 6.09. The van der Waals surface area contributed by atoms with Gasteiger partial charge >= 0.3 is 0 Å². The summed E-state index contributed by atoms with van der Waals surface area (Å²) in [5.41, 5.74) is 19.7. The molecule has 2 nitrogen and oxygen atoms in total. The van der Waals surface area contributed by atoms with Gasteiger partial charge in [0.15, 0.2) is 0 Å². The average molecular weight is 833 g/mol. The number of aromatic nitrogens is 1. The largest absolute Gasteiger partial charge is 0.310 e. The first-order chi connectivity index (χ1) is 32.1. The SMILES string of the molecule is CCC1(CC)c2cc(N(c3ccc(-c4ccccc4-c4ccccc4)cc3)c3cccc(-c4ccc5ccccc5c4)c3)ccc2-c2ccc(-n3c4ccccc4c4ccccc43)cc21. The second-order valence-electron chi connectivity index (χ2n) is 17.5. The van der Waals surface area contributed by atoms with E-state index in [1.54, 1.807) is 0 Å². The zero-order valence-electron chi connectivity index (χ0n) is 36.7. The summed E-state index contributed by atoms with van der Waals surface area (Å²) in [5, 5.41) is 5.06. The number of benzene rings is 10. The van der Waals surface area contributed by atoms with Crippen LogP contribution >= 0.6 is 0 Å². The molecular weight excluding hydrogens is 785 g/mol. The molecule has 0 bridgehead atoms. The van der Waals surface area contributed by atoms with Crippen LogP contribution in [0.4, 0.5) is 17.1 Å². The average Bonchev–Trinajstić information content (AvgIpc) is 3.86. The first-order valence-corrected chi connectivity index (χ1v) is 23.0. The normalized spacial score (nSPS) is 12.7. The van der Waals surface area contributed by atoms with Crippen LogP contribution in [0.25, 0.3) is 82.8 Å². The quantitative estimate of drug-likeness (QED) is 0.141. The van der Waals surface area contributed by atoms with Gasteiger partial charge in [-0.2, -0.15) is 0 Å². The molecule has 1 aliphatic carbocycles. The van der Waals surface area contributed by atoms with E-state index in [-0.39, 0.29) is 5.41 Å². The summed E-state index contributed by atoms with van der Waals surface area (Å²) in [6.07, 6.45) is 1.99. The third-order valence-electron chi connectivity index (χ3n) is 14.3. The molecule has 0 fully saturated rings. The number of hydrogen-bond donors (Lipinski definition) is 0. The van der Waals surface area contributed by atoms with E-state index < -0.39 is 0 Å². The summed E-state index contributed by atoms with van der Waals surface area (Å²) in [6, 6.07) is 85.2. The van der Waals surface area contributed by atoms with Crippen molar-refractivity contribution in [2.45, 2.75) is 32.1 Å². The Kier molecular flexibility index (Phi) is 9.35. The highest BCUT2D eigenvalue weighted by Crippen LogP contribution is 2.55. The van der Waals surface area contributed by atoms with Gasteiger partial charge < -0.3 is 9.47 Å². The molecule has 0 N–H and O–H groups in total. The van der Waals surface area contributed by atoms with Crippen molar-refractivity contribution < 1.29 is 0 Å². The maximum Gasteiger partial charge on any atom is 0.0541 e. The molecule has 0 amide bonds. The summed E-state index contributed by atoms with van der Waals surface area (Å²) < 4.78 is 2.46. The van der Waals surface area contributed by atoms with Crippen molar-refractivity contribution in [1.82, 2.24) is 4.57 Å². The van der Waals surface area contributed by atoms with Crippen LogP contribution in [0, 0.1) is 0 Å². The fraction of sp³-hybridized carbons (Fsp3) is 0.0794. The first kappa shape index (κ1) is 38.7. The number of anilines is 3. The topological polar surface area (TPSA) is 8.17 Å². The molecule has 0 saturated carbocycles. The predicted molar refractivity (Wildman–Crippen MR) is 276 cm³/mol. The maximum atomic E-state index is 2.50. The summed E-state index contributed by atoms with van der Waals surface area (Å²) in [5.74, 6) is 0. The molecule has 0 atom stereocenters. The van der Waals surface area contributed by atoms with E-state index in [0.717, 1.165) is 29.9 Å². The van der Waals surface area contributed by atoms with Crippen LogP contribution in [0.5, 0.6) is 0 Å². The maximum absolute atomic E-state index is 2.50. The Morgan fingerprint density at radius 3 is 1.58 bits per heavy atom. The Balaban J connectivity index is 1.00. The molecule has 2 heteroatoms. The van der Waals surface area contributed by atoms with Gasteiger partial charge in [-0.15, -0.1) is 0 Å². The zero-order valence-corrected chi connectivity index (χ0v) is 36.7. The van der Waals surface area contributed by atoms with Crippen molar-refractivity contribution in [3.63, 3.8) is 0 Å². The van der Waals surface area contributed by atoms with E-state index in [2.05, 4.69) is 254 Å². The molecule has 0 aliphatic heterocycles. The summed E-state index contributed by atoms with van der Waals surface area (Å²) in [6.45, 7) is 4.75. The van der Waals surface area contributed by atoms with Crippen molar-refractivity contribution in [1.29, 1.82) is 0 Å². The van der Waals surface area contributed by atoms with Crippen molar-refractivity contribution >= 4 is 49.6 Å². The highest BCUT2D eigenvalue weighted by Gasteiger charge is 2.41. The molecule has 12 rings (SSSR count). The lowest BCUT2D eigenvalue weighted by Crippen LogP contribution is -2.23. The van der Waals surface area contributed by atoms with Gasteiger partial charge in [0.25, 0.3) is 0 Å². The third kappa shape index (κ3) is 6.32. The third-order valence-corrected chi connectivity index (χ3v) is 14.3. The molecule has 65 heavy (non-hydrogen) atoms. The molecule has 310 valence electrons. The van der Waals surface area contributed by atoms with Gasteiger partial charge in [0.05, 0.1) is 11.0 Å². The van der Waals surface area contributed by atoms with E-state index in [4.69, 9.17) is 0 Å². The lowest BCUT2D eigenvalue weighted by Gasteiger charge is -2.32. The van der Waals surface area contributed by atoms with Crippen LogP contribution in [-0.4, -0.2) is 4.57 Å². The molecule has 1 aromatic heterocycles. The molecule has 10 aromatic carbocycles. The molecule has 11 aromatic rings. The van der Waals surface area contributed by atoms with Crippen LogP contribution < -0.4 is 4.90 Å². The molecule has 0 unspecified atom stereocenters. The smallest absolute Gasteiger partial charge is 0.0541 e. The minimum Gasteiger partial charge on any atom is -0.310 e. The Morgan fingerprint density at radius 2 is 0.877 bits per heavy atom. The van der Waals surface area contributed by atoms with Crippen LogP contribution in [0.2, 0.25) is 0 Å². The van der Waals surface area contributed by atoms with E-state index in [9.17, 15) is 0 Å². The van der Waals surface area contributed by atoms with Crippen LogP contribution in [-0.2, 0) is 5.41 Å². The van der Waals surface area contributed by atoms with E-state index >= 15 is 0 Å². The van der Waals surface area contributed by atoms with E-state index in [1.165, 1.54) is 93.9 Å². The van der Waals surface area contributed by atoms with Crippen LogP contribution in [0.1, 0.15) is 37.8 Å². The summed E-state index contributed by atoms with van der Waals surface area (Å²) >= 11 is 0. The second kappa shape index (κ2) is 15.7. The molecule has 0 saturated heterocycles. The summed E-state index contributed by atoms with van der Waals surface area (Å²) in [7, 11) is 0. The fourth-order valence-corrected chi connectivity index (χ4v) is 11.0. The van der Waals surface area contributed by atoms with Gasteiger partial charge in [-0.1, -0.05) is 178 Å². The molecule has 0 spiro atoms. The van der Waals surface area contributed by atoms with Gasteiger partial charge in [-0.25, -0.2) is 0 Å². The number of rotatable bonds is 9. The van der Waals surface area contributed by atoms with Crippen LogP contribution in [0.15, 0.2) is 231 Å². The Labute approximate surface area is 381 Å². The minimum atomic E-state index is -0.154. The van der Waals surface area contributed by atoms with Crippen LogP contribution in [0.3, 0.4) is 0 Å². The van der Waals surface area contributed by atoms with Crippen molar-refractivity contribution in [2.24, 2.45) is 0 Å². The zero-order chi connectivity index (χ0) is 43.5. The van der Waals surface area contributed by atoms with Gasteiger partial charge in [0.2, 0.25) is 0 Å². The van der Waals surface area contributed by atoms with Gasteiger partial charge in [0.1, 0.15) is 0 Å². The lowest BCUT2D eigenvalue weighted by molar-refractivity contribution is 0.490. The van der Waals surface area contributed by atoms with Crippen molar-refractivity contribution in [2.75, 3.05) is 4.90 Å². The highest BCUT2D eigenvalue weighted by atomic mass is 15.1. The fourth-order valence-electron chi connectivity index (χ4n) is 11.0.